The fourth-order valence-electron chi connectivity index (χ4n) is 0.533. The second-order valence-corrected chi connectivity index (χ2v) is 2.23. The maximum atomic E-state index is 5.61. The van der Waals surface area contributed by atoms with Crippen molar-refractivity contribution in [1.82, 2.24) is 0 Å². The normalized spacial score (nSPS) is 7.17. The molecule has 1 rings (SSSR count). The lowest BCUT2D eigenvalue weighted by Crippen LogP contribution is -1.66. The molecule has 1 aromatic carbocycles. The van der Waals surface area contributed by atoms with E-state index in [9.17, 15) is 0 Å². The van der Waals surface area contributed by atoms with Gasteiger partial charge in [0, 0.05) is 5.02 Å². The van der Waals surface area contributed by atoms with Gasteiger partial charge in [-0.2, -0.15) is 0 Å². The van der Waals surface area contributed by atoms with Crippen LogP contribution in [0, 0.1) is 6.92 Å². The minimum absolute atomic E-state index is 0.801. The Kier molecular flexibility index (Phi) is 12.3. The predicted molar refractivity (Wildman–Crippen MR) is 58.9 cm³/mol. The van der Waals surface area contributed by atoms with Gasteiger partial charge in [-0.05, 0) is 19.1 Å². The topological polar surface area (TPSA) is 0 Å². The van der Waals surface area contributed by atoms with Crippen LogP contribution < -0.4 is 0 Å². The zero-order chi connectivity index (χ0) is 9.98. The van der Waals surface area contributed by atoms with Crippen LogP contribution in [0.5, 0.6) is 0 Å². The monoisotopic (exact) mass is 186 g/mol. The van der Waals surface area contributed by atoms with Gasteiger partial charge in [0.05, 0.1) is 0 Å². The minimum Gasteiger partial charge on any atom is -0.0843 e. The molecule has 0 saturated heterocycles. The quantitative estimate of drug-likeness (QED) is 0.551. The van der Waals surface area contributed by atoms with Crippen molar-refractivity contribution in [3.8, 4) is 0 Å². The number of rotatable bonds is 0. The third kappa shape index (κ3) is 7.62. The van der Waals surface area contributed by atoms with E-state index in [1.165, 1.54) is 5.56 Å². The smallest absolute Gasteiger partial charge is 0.0406 e. The third-order valence-electron chi connectivity index (χ3n) is 1.01. The second-order valence-electron chi connectivity index (χ2n) is 1.80. The zero-order valence-corrected chi connectivity index (χ0v) is 9.44. The van der Waals surface area contributed by atoms with E-state index in [1.807, 2.05) is 58.9 Å². The van der Waals surface area contributed by atoms with Crippen LogP contribution in [0.3, 0.4) is 0 Å². The van der Waals surface area contributed by atoms with Gasteiger partial charge >= 0.3 is 0 Å². The summed E-state index contributed by atoms with van der Waals surface area (Å²) in [6, 6.07) is 7.75. The molecule has 0 bridgehead atoms. The summed E-state index contributed by atoms with van der Waals surface area (Å²) in [7, 11) is 0. The lowest BCUT2D eigenvalue weighted by Gasteiger charge is -1.88. The molecule has 70 valence electrons. The van der Waals surface area contributed by atoms with E-state index in [4.69, 9.17) is 11.6 Å². The molecule has 0 spiro atoms. The van der Waals surface area contributed by atoms with E-state index >= 15 is 0 Å². The van der Waals surface area contributed by atoms with Crippen molar-refractivity contribution in [2.75, 3.05) is 0 Å². The number of halogens is 1. The average Bonchev–Trinajstić information content (AvgIpc) is 2.17. The van der Waals surface area contributed by atoms with E-state index in [-0.39, 0.29) is 0 Å². The largest absolute Gasteiger partial charge is 0.0843 e. The van der Waals surface area contributed by atoms with Gasteiger partial charge in [0.2, 0.25) is 0 Å². The Bertz CT molecular complexity index is 144. The Morgan fingerprint density at radius 1 is 0.833 bits per heavy atom. The van der Waals surface area contributed by atoms with E-state index in [2.05, 4.69) is 0 Å². The molecule has 0 aromatic heterocycles. The molecule has 0 saturated carbocycles. The van der Waals surface area contributed by atoms with Crippen LogP contribution in [0.2, 0.25) is 5.02 Å². The van der Waals surface area contributed by atoms with Crippen molar-refractivity contribution in [2.24, 2.45) is 0 Å². The van der Waals surface area contributed by atoms with Crippen LogP contribution in [-0.4, -0.2) is 0 Å². The summed E-state index contributed by atoms with van der Waals surface area (Å²) in [6.45, 7) is 10.0. The third-order valence-corrected chi connectivity index (χ3v) is 1.26. The molecule has 0 heterocycles. The average molecular weight is 187 g/mol. The molecule has 1 aromatic rings. The molecule has 0 amide bonds. The van der Waals surface area contributed by atoms with Crippen molar-refractivity contribution in [1.29, 1.82) is 0 Å². The number of hydrogen-bond donors (Lipinski definition) is 0. The predicted octanol–water partition coefficient (Wildman–Crippen LogP) is 4.70. The fourth-order valence-corrected chi connectivity index (χ4v) is 0.659. The lowest BCUT2D eigenvalue weighted by atomic mass is 10.2. The highest BCUT2D eigenvalue weighted by Crippen LogP contribution is 2.07. The molecule has 12 heavy (non-hydrogen) atoms. The molecule has 0 aliphatic carbocycles. The van der Waals surface area contributed by atoms with E-state index < -0.39 is 0 Å². The van der Waals surface area contributed by atoms with Crippen LogP contribution in [0.25, 0.3) is 0 Å². The van der Waals surface area contributed by atoms with Crippen LogP contribution >= 0.6 is 11.6 Å². The summed E-state index contributed by atoms with van der Waals surface area (Å²) >= 11 is 5.61. The van der Waals surface area contributed by atoms with Gasteiger partial charge in [0.1, 0.15) is 0 Å². The van der Waals surface area contributed by atoms with Gasteiger partial charge in [0.25, 0.3) is 0 Å². The first-order chi connectivity index (χ1) is 5.79. The minimum atomic E-state index is 0.801. The molecule has 1 heteroatoms. The number of benzene rings is 1. The SMILES string of the molecule is CC.CC.Cc1ccc(Cl)cc1. The first-order valence-corrected chi connectivity index (χ1v) is 4.89. The Hall–Kier alpha value is -0.490. The second kappa shape index (κ2) is 10.5. The highest BCUT2D eigenvalue weighted by molar-refractivity contribution is 6.30. The molecule has 0 unspecified atom stereocenters. The zero-order valence-electron chi connectivity index (χ0n) is 8.69. The van der Waals surface area contributed by atoms with E-state index in [1.54, 1.807) is 0 Å². The first-order valence-electron chi connectivity index (χ1n) is 4.51. The van der Waals surface area contributed by atoms with Crippen molar-refractivity contribution in [2.45, 2.75) is 34.6 Å². The molecule has 0 fully saturated rings. The standard InChI is InChI=1S/C7H7Cl.2C2H6/c1-6-2-4-7(8)5-3-6;2*1-2/h2-5H,1H3;2*1-2H3. The highest BCUT2D eigenvalue weighted by atomic mass is 35.5. The molecule has 0 N–H and O–H groups in total. The van der Waals surface area contributed by atoms with Crippen LogP contribution in [0.4, 0.5) is 0 Å². The van der Waals surface area contributed by atoms with E-state index in [0.717, 1.165) is 5.02 Å². The summed E-state index contributed by atoms with van der Waals surface area (Å²) in [4.78, 5) is 0. The van der Waals surface area contributed by atoms with Crippen LogP contribution in [0.15, 0.2) is 24.3 Å². The molecular formula is C11H19Cl. The fraction of sp³-hybridized carbons (Fsp3) is 0.455. The lowest BCUT2D eigenvalue weighted by molar-refractivity contribution is 1.48. The molecule has 0 nitrogen and oxygen atoms in total. The van der Waals surface area contributed by atoms with E-state index in [0.29, 0.717) is 0 Å². The van der Waals surface area contributed by atoms with Gasteiger partial charge in [-0.25, -0.2) is 0 Å². The first kappa shape index (κ1) is 14.1. The molecule has 0 aliphatic heterocycles. The Morgan fingerprint density at radius 3 is 1.42 bits per heavy atom. The molecule has 0 atom stereocenters. The van der Waals surface area contributed by atoms with Gasteiger partial charge in [0.15, 0.2) is 0 Å². The van der Waals surface area contributed by atoms with Crippen molar-refractivity contribution >= 4 is 11.6 Å². The number of hydrogen-bond acceptors (Lipinski definition) is 0. The molecule has 0 aliphatic rings. The summed E-state index contributed by atoms with van der Waals surface area (Å²) < 4.78 is 0. The van der Waals surface area contributed by atoms with Crippen molar-refractivity contribution < 1.29 is 0 Å². The number of aryl methyl sites for hydroxylation is 1. The van der Waals surface area contributed by atoms with Gasteiger partial charge in [-0.3, -0.25) is 0 Å². The maximum absolute atomic E-state index is 5.61. The summed E-state index contributed by atoms with van der Waals surface area (Å²) in [5.41, 5.74) is 1.24. The summed E-state index contributed by atoms with van der Waals surface area (Å²) in [6.07, 6.45) is 0. The Labute approximate surface area is 81.6 Å². The van der Waals surface area contributed by atoms with Crippen molar-refractivity contribution in [3.05, 3.63) is 34.9 Å². The van der Waals surface area contributed by atoms with Crippen LogP contribution in [0.1, 0.15) is 33.3 Å². The Balaban J connectivity index is 0. The summed E-state index contributed by atoms with van der Waals surface area (Å²) in [5.74, 6) is 0. The molecule has 0 radical (unpaired) electrons. The Morgan fingerprint density at radius 2 is 1.17 bits per heavy atom. The maximum Gasteiger partial charge on any atom is 0.0406 e. The van der Waals surface area contributed by atoms with Crippen molar-refractivity contribution in [3.63, 3.8) is 0 Å². The van der Waals surface area contributed by atoms with Crippen LogP contribution in [-0.2, 0) is 0 Å². The summed E-state index contributed by atoms with van der Waals surface area (Å²) in [5, 5.41) is 0.801. The van der Waals surface area contributed by atoms with Gasteiger partial charge < -0.3 is 0 Å². The van der Waals surface area contributed by atoms with Gasteiger partial charge in [-0.15, -0.1) is 0 Å². The molecular weight excluding hydrogens is 168 g/mol. The van der Waals surface area contributed by atoms with Gasteiger partial charge in [-0.1, -0.05) is 57.0 Å². The highest BCUT2D eigenvalue weighted by Gasteiger charge is 1.81.